The summed E-state index contributed by atoms with van der Waals surface area (Å²) in [5, 5.41) is 0. The zero-order chi connectivity index (χ0) is 12.8. The van der Waals surface area contributed by atoms with E-state index in [9.17, 15) is 4.79 Å². The van der Waals surface area contributed by atoms with E-state index in [1.165, 1.54) is 6.42 Å². The Balaban J connectivity index is 2.60. The van der Waals surface area contributed by atoms with Crippen molar-refractivity contribution < 1.29 is 9.15 Å². The number of unbranched alkanes of at least 4 members (excludes halogenated alkanes) is 1. The second kappa shape index (κ2) is 6.48. The molecule has 0 aromatic carbocycles. The molecule has 0 N–H and O–H groups in total. The van der Waals surface area contributed by atoms with Gasteiger partial charge in [-0.3, -0.25) is 0 Å². The van der Waals surface area contributed by atoms with Gasteiger partial charge in [0.1, 0.15) is 11.5 Å². The summed E-state index contributed by atoms with van der Waals surface area (Å²) in [6, 6.07) is 1.83. The molecule has 17 heavy (non-hydrogen) atoms. The van der Waals surface area contributed by atoms with Crippen LogP contribution < -0.4 is 10.4 Å². The molecule has 0 saturated carbocycles. The van der Waals surface area contributed by atoms with Crippen molar-refractivity contribution in [3.8, 4) is 5.75 Å². The van der Waals surface area contributed by atoms with Gasteiger partial charge in [-0.1, -0.05) is 26.7 Å². The van der Waals surface area contributed by atoms with Crippen LogP contribution in [0.3, 0.4) is 0 Å². The first-order valence-corrected chi connectivity index (χ1v) is 6.22. The summed E-state index contributed by atoms with van der Waals surface area (Å²) in [7, 11) is 1.57. The maximum absolute atomic E-state index is 11.5. The third-order valence-electron chi connectivity index (χ3n) is 2.87. The number of aryl methyl sites for hydroxylation is 1. The van der Waals surface area contributed by atoms with Crippen LogP contribution in [-0.4, -0.2) is 7.11 Å². The summed E-state index contributed by atoms with van der Waals surface area (Å²) in [6.07, 6.45) is 4.23. The van der Waals surface area contributed by atoms with Gasteiger partial charge in [-0.15, -0.1) is 0 Å². The Hall–Kier alpha value is -1.25. The van der Waals surface area contributed by atoms with E-state index in [-0.39, 0.29) is 5.63 Å². The minimum atomic E-state index is -0.289. The van der Waals surface area contributed by atoms with Crippen LogP contribution in [0.5, 0.6) is 5.75 Å². The highest BCUT2D eigenvalue weighted by molar-refractivity contribution is 5.30. The van der Waals surface area contributed by atoms with Crippen molar-refractivity contribution in [2.24, 2.45) is 5.92 Å². The van der Waals surface area contributed by atoms with Gasteiger partial charge in [0.25, 0.3) is 0 Å². The Kier molecular flexibility index (Phi) is 5.26. The highest BCUT2D eigenvalue weighted by Crippen LogP contribution is 2.17. The van der Waals surface area contributed by atoms with Crippen LogP contribution in [0.1, 0.15) is 44.4 Å². The fourth-order valence-corrected chi connectivity index (χ4v) is 1.77. The predicted molar refractivity (Wildman–Crippen MR) is 68.7 cm³/mol. The zero-order valence-corrected chi connectivity index (χ0v) is 11.2. The monoisotopic (exact) mass is 238 g/mol. The minimum absolute atomic E-state index is 0.289. The summed E-state index contributed by atoms with van der Waals surface area (Å²) >= 11 is 0. The molecule has 0 aliphatic heterocycles. The zero-order valence-electron chi connectivity index (χ0n) is 11.2. The second-order valence-electron chi connectivity index (χ2n) is 4.83. The van der Waals surface area contributed by atoms with Crippen LogP contribution in [0, 0.1) is 12.8 Å². The third kappa shape index (κ3) is 4.25. The number of rotatable bonds is 6. The van der Waals surface area contributed by atoms with Crippen molar-refractivity contribution in [2.75, 3.05) is 7.11 Å². The lowest BCUT2D eigenvalue weighted by Crippen LogP contribution is -2.07. The summed E-state index contributed by atoms with van der Waals surface area (Å²) in [5.41, 5.74) is 0.252. The molecule has 0 amide bonds. The van der Waals surface area contributed by atoms with Gasteiger partial charge >= 0.3 is 5.63 Å². The molecular weight excluding hydrogens is 216 g/mol. The normalized spacial score (nSPS) is 10.9. The van der Waals surface area contributed by atoms with E-state index in [2.05, 4.69) is 13.8 Å². The summed E-state index contributed by atoms with van der Waals surface area (Å²) in [4.78, 5) is 11.5. The van der Waals surface area contributed by atoms with Crippen molar-refractivity contribution in [1.82, 2.24) is 0 Å². The van der Waals surface area contributed by atoms with Crippen LogP contribution in [-0.2, 0) is 6.42 Å². The summed E-state index contributed by atoms with van der Waals surface area (Å²) in [5.74, 6) is 2.08. The average Bonchev–Trinajstić information content (AvgIpc) is 2.28. The molecule has 1 aromatic rings. The van der Waals surface area contributed by atoms with Crippen molar-refractivity contribution >= 4 is 0 Å². The van der Waals surface area contributed by atoms with Crippen LogP contribution in [0.15, 0.2) is 15.3 Å². The van der Waals surface area contributed by atoms with Crippen molar-refractivity contribution in [3.63, 3.8) is 0 Å². The number of methoxy groups -OCH3 is 1. The molecule has 0 saturated heterocycles. The molecule has 3 heteroatoms. The fraction of sp³-hybridized carbons (Fsp3) is 0.643. The fourth-order valence-electron chi connectivity index (χ4n) is 1.77. The van der Waals surface area contributed by atoms with Gasteiger partial charge in [-0.25, -0.2) is 4.79 Å². The predicted octanol–water partition coefficient (Wildman–Crippen LogP) is 3.33. The molecule has 0 unspecified atom stereocenters. The first-order chi connectivity index (χ1) is 8.04. The van der Waals surface area contributed by atoms with Crippen molar-refractivity contribution in [3.05, 3.63) is 27.8 Å². The molecule has 1 aromatic heterocycles. The first-order valence-electron chi connectivity index (χ1n) is 6.22. The van der Waals surface area contributed by atoms with Crippen molar-refractivity contribution in [1.29, 1.82) is 0 Å². The van der Waals surface area contributed by atoms with Gasteiger partial charge < -0.3 is 9.15 Å². The van der Waals surface area contributed by atoms with Gasteiger partial charge in [-0.2, -0.15) is 0 Å². The molecule has 1 rings (SSSR count). The molecule has 96 valence electrons. The van der Waals surface area contributed by atoms with Crippen LogP contribution >= 0.6 is 0 Å². The summed E-state index contributed by atoms with van der Waals surface area (Å²) < 4.78 is 10.4. The average molecular weight is 238 g/mol. The van der Waals surface area contributed by atoms with Gasteiger partial charge in [0.05, 0.1) is 12.7 Å². The highest BCUT2D eigenvalue weighted by Gasteiger charge is 2.08. The van der Waals surface area contributed by atoms with Gasteiger partial charge in [0, 0.05) is 12.5 Å². The lowest BCUT2D eigenvalue weighted by molar-refractivity contribution is 0.383. The number of hydrogen-bond donors (Lipinski definition) is 0. The van der Waals surface area contributed by atoms with Gasteiger partial charge in [0.15, 0.2) is 0 Å². The largest absolute Gasteiger partial charge is 0.496 e. The van der Waals surface area contributed by atoms with E-state index in [0.717, 1.165) is 30.9 Å². The SMILES string of the molecule is COc1cc(CCCCC(C)C)oc(=O)c1C. The van der Waals surface area contributed by atoms with E-state index in [0.29, 0.717) is 11.3 Å². The summed E-state index contributed by atoms with van der Waals surface area (Å²) in [6.45, 7) is 6.15. The van der Waals surface area contributed by atoms with Gasteiger partial charge in [-0.05, 0) is 19.3 Å². The van der Waals surface area contributed by atoms with E-state index < -0.39 is 0 Å². The Labute approximate surface area is 103 Å². The van der Waals surface area contributed by atoms with Gasteiger partial charge in [0.2, 0.25) is 0 Å². The molecule has 0 bridgehead atoms. The van der Waals surface area contributed by atoms with E-state index in [1.54, 1.807) is 14.0 Å². The molecular formula is C14H22O3. The van der Waals surface area contributed by atoms with Crippen LogP contribution in [0.25, 0.3) is 0 Å². The smallest absolute Gasteiger partial charge is 0.342 e. The molecule has 0 fully saturated rings. The lowest BCUT2D eigenvalue weighted by Gasteiger charge is -2.06. The maximum Gasteiger partial charge on any atom is 0.342 e. The quantitative estimate of drug-likeness (QED) is 0.714. The Morgan fingerprint density at radius 1 is 1.35 bits per heavy atom. The lowest BCUT2D eigenvalue weighted by atomic mass is 10.0. The Bertz CT molecular complexity index is 404. The second-order valence-corrected chi connectivity index (χ2v) is 4.83. The topological polar surface area (TPSA) is 39.4 Å². The molecule has 0 atom stereocenters. The van der Waals surface area contributed by atoms with Crippen molar-refractivity contribution in [2.45, 2.75) is 46.5 Å². The maximum atomic E-state index is 11.5. The third-order valence-corrected chi connectivity index (χ3v) is 2.87. The first kappa shape index (κ1) is 13.8. The highest BCUT2D eigenvalue weighted by atomic mass is 16.5. The molecule has 1 heterocycles. The van der Waals surface area contributed by atoms with E-state index >= 15 is 0 Å². The Morgan fingerprint density at radius 3 is 2.65 bits per heavy atom. The molecule has 0 spiro atoms. The number of hydrogen-bond acceptors (Lipinski definition) is 3. The standard InChI is InChI=1S/C14H22O3/c1-10(2)7-5-6-8-12-9-13(16-4)11(3)14(15)17-12/h9-10H,5-8H2,1-4H3. The van der Waals surface area contributed by atoms with Crippen LogP contribution in [0.4, 0.5) is 0 Å². The Morgan fingerprint density at radius 2 is 2.06 bits per heavy atom. The minimum Gasteiger partial charge on any atom is -0.496 e. The van der Waals surface area contributed by atoms with E-state index in [1.807, 2.05) is 6.07 Å². The van der Waals surface area contributed by atoms with Crippen LogP contribution in [0.2, 0.25) is 0 Å². The molecule has 0 aliphatic carbocycles. The molecule has 3 nitrogen and oxygen atoms in total. The van der Waals surface area contributed by atoms with E-state index in [4.69, 9.17) is 9.15 Å². The number of ether oxygens (including phenoxy) is 1. The molecule has 0 radical (unpaired) electrons. The molecule has 0 aliphatic rings.